The third-order valence-electron chi connectivity index (χ3n) is 4.04. The van der Waals surface area contributed by atoms with E-state index in [0.717, 1.165) is 19.4 Å². The van der Waals surface area contributed by atoms with E-state index in [2.05, 4.69) is 5.32 Å². The number of hydrogen-bond acceptors (Lipinski definition) is 3. The van der Waals surface area contributed by atoms with Gasteiger partial charge in [0.2, 0.25) is 0 Å². The van der Waals surface area contributed by atoms with E-state index in [1.807, 2.05) is 13.8 Å². The van der Waals surface area contributed by atoms with Crippen molar-refractivity contribution in [1.29, 1.82) is 0 Å². The Balaban J connectivity index is 0.00000162. The summed E-state index contributed by atoms with van der Waals surface area (Å²) in [5.41, 5.74) is 0. The Kier molecular flexibility index (Phi) is 5.44. The predicted molar refractivity (Wildman–Crippen MR) is 75.2 cm³/mol. The molecule has 2 unspecified atom stereocenters. The van der Waals surface area contributed by atoms with Crippen molar-refractivity contribution in [2.24, 2.45) is 5.92 Å². The quantitative estimate of drug-likeness (QED) is 0.833. The number of hydrogen-bond donors (Lipinski definition) is 1. The second-order valence-electron chi connectivity index (χ2n) is 5.37. The number of rotatable bonds is 3. The van der Waals surface area contributed by atoms with Crippen LogP contribution in [0.4, 0.5) is 0 Å². The van der Waals surface area contributed by atoms with E-state index in [9.17, 15) is 8.42 Å². The van der Waals surface area contributed by atoms with Crippen LogP contribution in [0.15, 0.2) is 0 Å². The molecular formula is C11H24ClN3O2S. The van der Waals surface area contributed by atoms with Crippen molar-refractivity contribution in [3.8, 4) is 0 Å². The van der Waals surface area contributed by atoms with Gasteiger partial charge in [-0.2, -0.15) is 17.0 Å². The summed E-state index contributed by atoms with van der Waals surface area (Å²) in [5, 5.41) is 3.45. The Labute approximate surface area is 116 Å². The molecule has 0 aromatic carbocycles. The highest BCUT2D eigenvalue weighted by Crippen LogP contribution is 2.27. The van der Waals surface area contributed by atoms with Gasteiger partial charge in [0, 0.05) is 32.2 Å². The lowest BCUT2D eigenvalue weighted by molar-refractivity contribution is 0.230. The van der Waals surface area contributed by atoms with Crippen LogP contribution in [0.1, 0.15) is 26.7 Å². The zero-order chi connectivity index (χ0) is 12.6. The average molecular weight is 298 g/mol. The number of nitrogens with zero attached hydrogens (tertiary/aromatic N) is 2. The van der Waals surface area contributed by atoms with Gasteiger partial charge in [0.15, 0.2) is 0 Å². The molecule has 0 bridgehead atoms. The van der Waals surface area contributed by atoms with Crippen LogP contribution < -0.4 is 5.32 Å². The minimum absolute atomic E-state index is 0. The molecule has 1 N–H and O–H groups in total. The van der Waals surface area contributed by atoms with Crippen LogP contribution in [0, 0.1) is 5.92 Å². The molecule has 0 aromatic heterocycles. The topological polar surface area (TPSA) is 52.7 Å². The molecule has 2 aliphatic rings. The Hall–Kier alpha value is 0.120. The van der Waals surface area contributed by atoms with Crippen molar-refractivity contribution in [3.05, 3.63) is 0 Å². The summed E-state index contributed by atoms with van der Waals surface area (Å²) in [7, 11) is -1.60. The monoisotopic (exact) mass is 297 g/mol. The molecule has 2 saturated heterocycles. The van der Waals surface area contributed by atoms with Gasteiger partial charge in [-0.25, -0.2) is 0 Å². The second kappa shape index (κ2) is 6.05. The maximum absolute atomic E-state index is 12.3. The van der Waals surface area contributed by atoms with Crippen molar-refractivity contribution in [2.75, 3.05) is 26.7 Å². The lowest BCUT2D eigenvalue weighted by atomic mass is 9.95. The molecule has 2 heterocycles. The maximum atomic E-state index is 12.3. The van der Waals surface area contributed by atoms with Crippen molar-refractivity contribution in [2.45, 2.75) is 38.8 Å². The van der Waals surface area contributed by atoms with Gasteiger partial charge in [0.25, 0.3) is 10.2 Å². The van der Waals surface area contributed by atoms with Gasteiger partial charge < -0.3 is 5.32 Å². The van der Waals surface area contributed by atoms with Crippen LogP contribution in [0.3, 0.4) is 0 Å². The molecule has 108 valence electrons. The van der Waals surface area contributed by atoms with Gasteiger partial charge in [0.1, 0.15) is 0 Å². The molecule has 0 saturated carbocycles. The molecule has 2 aliphatic heterocycles. The molecule has 2 rings (SSSR count). The highest BCUT2D eigenvalue weighted by atomic mass is 35.5. The van der Waals surface area contributed by atoms with Crippen LogP contribution in [-0.4, -0.2) is 55.8 Å². The molecule has 2 atom stereocenters. The summed E-state index contributed by atoms with van der Waals surface area (Å²) in [6, 6.07) is 0.547. The van der Waals surface area contributed by atoms with Crippen LogP contribution in [0.25, 0.3) is 0 Å². The first-order valence-electron chi connectivity index (χ1n) is 6.39. The smallest absolute Gasteiger partial charge is 0.281 e. The average Bonchev–Trinajstić information content (AvgIpc) is 2.74. The summed E-state index contributed by atoms with van der Waals surface area (Å²) in [6.45, 7) is 6.16. The van der Waals surface area contributed by atoms with Crippen LogP contribution in [0.2, 0.25) is 0 Å². The number of nitrogens with one attached hydrogen (secondary N) is 1. The summed E-state index contributed by atoms with van der Waals surface area (Å²) in [4.78, 5) is 0. The predicted octanol–water partition coefficient (Wildman–Crippen LogP) is 0.677. The van der Waals surface area contributed by atoms with Gasteiger partial charge >= 0.3 is 0 Å². The molecule has 5 nitrogen and oxygen atoms in total. The third kappa shape index (κ3) is 2.99. The maximum Gasteiger partial charge on any atom is 0.281 e. The van der Waals surface area contributed by atoms with Crippen molar-refractivity contribution in [1.82, 2.24) is 13.9 Å². The molecule has 0 aliphatic carbocycles. The van der Waals surface area contributed by atoms with Gasteiger partial charge in [-0.15, -0.1) is 12.4 Å². The van der Waals surface area contributed by atoms with E-state index >= 15 is 0 Å². The number of piperidine rings is 1. The van der Waals surface area contributed by atoms with Gasteiger partial charge in [-0.1, -0.05) is 0 Å². The van der Waals surface area contributed by atoms with Gasteiger partial charge in [0.05, 0.1) is 0 Å². The van der Waals surface area contributed by atoms with E-state index in [4.69, 9.17) is 0 Å². The lowest BCUT2D eigenvalue weighted by Gasteiger charge is -2.37. The van der Waals surface area contributed by atoms with Gasteiger partial charge in [-0.3, -0.25) is 0 Å². The summed E-state index contributed by atoms with van der Waals surface area (Å²) >= 11 is 0. The highest BCUT2D eigenvalue weighted by molar-refractivity contribution is 7.86. The highest BCUT2D eigenvalue weighted by Gasteiger charge is 2.38. The normalized spacial score (nSPS) is 29.4. The summed E-state index contributed by atoms with van der Waals surface area (Å²) in [6.07, 6.45) is 2.04. The van der Waals surface area contributed by atoms with Crippen LogP contribution in [0.5, 0.6) is 0 Å². The summed E-state index contributed by atoms with van der Waals surface area (Å²) < 4.78 is 27.8. The number of fused-ring (bicyclic) bond motifs is 1. The largest absolute Gasteiger partial charge is 0.314 e. The Bertz CT molecular complexity index is 374. The summed E-state index contributed by atoms with van der Waals surface area (Å²) in [5.74, 6) is 0.499. The minimum atomic E-state index is -3.26. The van der Waals surface area contributed by atoms with E-state index in [1.165, 1.54) is 4.31 Å². The number of halogens is 1. The molecule has 2 fully saturated rings. The fourth-order valence-electron chi connectivity index (χ4n) is 2.67. The van der Waals surface area contributed by atoms with Crippen LogP contribution >= 0.6 is 12.4 Å². The molecule has 0 amide bonds. The molecule has 0 radical (unpaired) electrons. The van der Waals surface area contributed by atoms with Crippen LogP contribution in [-0.2, 0) is 10.2 Å². The third-order valence-corrected chi connectivity index (χ3v) is 6.17. The zero-order valence-corrected chi connectivity index (χ0v) is 12.9. The molecule has 7 heteroatoms. The van der Waals surface area contributed by atoms with Crippen molar-refractivity contribution < 1.29 is 8.42 Å². The Morgan fingerprint density at radius 1 is 1.33 bits per heavy atom. The first kappa shape index (κ1) is 16.2. The second-order valence-corrected chi connectivity index (χ2v) is 7.36. The fourth-order valence-corrected chi connectivity index (χ4v) is 4.29. The van der Waals surface area contributed by atoms with E-state index < -0.39 is 10.2 Å². The standard InChI is InChI=1S/C11H23N3O2S.ClH/c1-9(2)13(3)17(15,16)14-7-5-11-10(8-14)4-6-12-11;/h9-12H,4-8H2,1-3H3;1H. The molecular weight excluding hydrogens is 274 g/mol. The Morgan fingerprint density at radius 3 is 2.61 bits per heavy atom. The van der Waals surface area contributed by atoms with E-state index in [0.29, 0.717) is 25.0 Å². The molecule has 0 spiro atoms. The van der Waals surface area contributed by atoms with E-state index in [1.54, 1.807) is 11.4 Å². The minimum Gasteiger partial charge on any atom is -0.314 e. The Morgan fingerprint density at radius 2 is 2.00 bits per heavy atom. The van der Waals surface area contributed by atoms with Crippen molar-refractivity contribution in [3.63, 3.8) is 0 Å². The fraction of sp³-hybridized carbons (Fsp3) is 1.00. The van der Waals surface area contributed by atoms with Gasteiger partial charge in [-0.05, 0) is 39.2 Å². The molecule has 0 aromatic rings. The first-order valence-corrected chi connectivity index (χ1v) is 7.79. The molecule has 18 heavy (non-hydrogen) atoms. The van der Waals surface area contributed by atoms with Crippen molar-refractivity contribution >= 4 is 22.6 Å². The van der Waals surface area contributed by atoms with E-state index in [-0.39, 0.29) is 18.4 Å². The first-order chi connectivity index (χ1) is 7.93. The SMILES string of the molecule is CC(C)N(C)S(=O)(=O)N1CCC2NCCC2C1.Cl. The zero-order valence-electron chi connectivity index (χ0n) is 11.3. The lowest BCUT2D eigenvalue weighted by Crippen LogP contribution is -2.52.